The van der Waals surface area contributed by atoms with Gasteiger partial charge in [-0.1, -0.05) is 18.2 Å². The fourth-order valence-electron chi connectivity index (χ4n) is 2.73. The number of benzene rings is 2. The highest BCUT2D eigenvalue weighted by Gasteiger charge is 2.19. The summed E-state index contributed by atoms with van der Waals surface area (Å²) in [6.45, 7) is 2.00. The summed E-state index contributed by atoms with van der Waals surface area (Å²) >= 11 is 0. The molecule has 0 atom stereocenters. The molecule has 0 N–H and O–H groups in total. The minimum absolute atomic E-state index is 0.638. The minimum Gasteiger partial charge on any atom is -0.496 e. The van der Waals surface area contributed by atoms with Crippen molar-refractivity contribution >= 4 is 17.0 Å². The molecule has 3 rings (SSSR count). The van der Waals surface area contributed by atoms with E-state index >= 15 is 0 Å². The van der Waals surface area contributed by atoms with Crippen LogP contribution in [-0.2, 0) is 0 Å². The highest BCUT2D eigenvalue weighted by atomic mass is 16.5. The third kappa shape index (κ3) is 2.83. The Morgan fingerprint density at radius 2 is 1.58 bits per heavy atom. The van der Waals surface area contributed by atoms with Crippen LogP contribution in [0.25, 0.3) is 28.4 Å². The summed E-state index contributed by atoms with van der Waals surface area (Å²) < 4.78 is 22.3. The number of methoxy groups -OCH3 is 3. The molecule has 0 bridgehead atoms. The van der Waals surface area contributed by atoms with E-state index in [2.05, 4.69) is 12.1 Å². The van der Waals surface area contributed by atoms with Gasteiger partial charge in [-0.25, -0.2) is 0 Å². The number of ether oxygens (including phenoxy) is 3. The highest BCUT2D eigenvalue weighted by Crippen LogP contribution is 2.43. The van der Waals surface area contributed by atoms with Crippen LogP contribution in [0.5, 0.6) is 17.2 Å². The van der Waals surface area contributed by atoms with Crippen molar-refractivity contribution in [3.05, 3.63) is 48.0 Å². The van der Waals surface area contributed by atoms with Crippen molar-refractivity contribution in [2.45, 2.75) is 6.92 Å². The fourth-order valence-corrected chi connectivity index (χ4v) is 2.73. The van der Waals surface area contributed by atoms with Crippen LogP contribution in [0.2, 0.25) is 0 Å². The lowest BCUT2D eigenvalue weighted by atomic mass is 10.1. The molecule has 0 fully saturated rings. The van der Waals surface area contributed by atoms with Crippen molar-refractivity contribution in [1.29, 1.82) is 0 Å². The summed E-state index contributed by atoms with van der Waals surface area (Å²) in [6, 6.07) is 11.7. The molecule has 24 heavy (non-hydrogen) atoms. The van der Waals surface area contributed by atoms with Gasteiger partial charge in [0, 0.05) is 17.5 Å². The minimum atomic E-state index is 0.638. The molecule has 0 aliphatic carbocycles. The third-order valence-corrected chi connectivity index (χ3v) is 3.86. The van der Waals surface area contributed by atoms with Gasteiger partial charge in [0.25, 0.3) is 0 Å². The largest absolute Gasteiger partial charge is 0.496 e. The lowest BCUT2D eigenvalue weighted by Crippen LogP contribution is -1.94. The molecule has 0 aliphatic rings. The van der Waals surface area contributed by atoms with E-state index < -0.39 is 0 Å². The van der Waals surface area contributed by atoms with Gasteiger partial charge in [-0.2, -0.15) is 0 Å². The molecule has 0 spiro atoms. The van der Waals surface area contributed by atoms with Crippen molar-refractivity contribution in [3.8, 4) is 28.6 Å². The summed E-state index contributed by atoms with van der Waals surface area (Å²) in [6.07, 6.45) is 4.07. The Bertz CT molecular complexity index is 865. The molecular weight excluding hydrogens is 304 g/mol. The SMILES string of the molecule is C/C=C/c1ccc2oc(-c3c(OC)cc(OC)cc3OC)cc2c1. The summed E-state index contributed by atoms with van der Waals surface area (Å²) in [5, 5.41) is 1.03. The second kappa shape index (κ2) is 6.71. The molecule has 2 aromatic carbocycles. The Morgan fingerprint density at radius 3 is 2.17 bits per heavy atom. The van der Waals surface area contributed by atoms with Crippen LogP contribution in [0, 0.1) is 0 Å². The van der Waals surface area contributed by atoms with Gasteiger partial charge >= 0.3 is 0 Å². The first-order valence-corrected chi connectivity index (χ1v) is 7.66. The van der Waals surface area contributed by atoms with E-state index in [0.29, 0.717) is 23.0 Å². The Balaban J connectivity index is 2.19. The molecule has 4 nitrogen and oxygen atoms in total. The van der Waals surface area contributed by atoms with Gasteiger partial charge in [0.15, 0.2) is 0 Å². The van der Waals surface area contributed by atoms with E-state index in [0.717, 1.165) is 22.1 Å². The number of allylic oxidation sites excluding steroid dienone is 1. The number of furan rings is 1. The molecule has 0 unspecified atom stereocenters. The zero-order chi connectivity index (χ0) is 17.1. The summed E-state index contributed by atoms with van der Waals surface area (Å²) in [5.74, 6) is 2.63. The maximum atomic E-state index is 6.02. The van der Waals surface area contributed by atoms with Crippen molar-refractivity contribution in [1.82, 2.24) is 0 Å². The molecule has 1 aromatic heterocycles. The molecule has 3 aromatic rings. The smallest absolute Gasteiger partial charge is 0.142 e. The molecule has 0 saturated carbocycles. The maximum Gasteiger partial charge on any atom is 0.142 e. The van der Waals surface area contributed by atoms with Crippen LogP contribution < -0.4 is 14.2 Å². The second-order valence-electron chi connectivity index (χ2n) is 5.31. The van der Waals surface area contributed by atoms with Gasteiger partial charge in [0.2, 0.25) is 0 Å². The van der Waals surface area contributed by atoms with Crippen LogP contribution in [0.15, 0.2) is 46.9 Å². The molecule has 124 valence electrons. The lowest BCUT2D eigenvalue weighted by molar-refractivity contribution is 0.376. The first-order valence-electron chi connectivity index (χ1n) is 7.66. The van der Waals surface area contributed by atoms with E-state index in [1.165, 1.54) is 0 Å². The monoisotopic (exact) mass is 324 g/mol. The third-order valence-electron chi connectivity index (χ3n) is 3.86. The van der Waals surface area contributed by atoms with Gasteiger partial charge in [0.1, 0.15) is 34.2 Å². The lowest BCUT2D eigenvalue weighted by Gasteiger charge is -2.13. The van der Waals surface area contributed by atoms with Crippen molar-refractivity contribution < 1.29 is 18.6 Å². The molecule has 0 radical (unpaired) electrons. The first-order chi connectivity index (χ1) is 11.7. The van der Waals surface area contributed by atoms with Crippen LogP contribution in [-0.4, -0.2) is 21.3 Å². The molecule has 4 heteroatoms. The zero-order valence-electron chi connectivity index (χ0n) is 14.3. The van der Waals surface area contributed by atoms with E-state index in [1.54, 1.807) is 21.3 Å². The van der Waals surface area contributed by atoms with Crippen LogP contribution in [0.3, 0.4) is 0 Å². The van der Waals surface area contributed by atoms with Gasteiger partial charge in [-0.15, -0.1) is 0 Å². The van der Waals surface area contributed by atoms with Crippen molar-refractivity contribution in [2.75, 3.05) is 21.3 Å². The Hall–Kier alpha value is -2.88. The quantitative estimate of drug-likeness (QED) is 0.650. The molecule has 1 heterocycles. The normalized spacial score (nSPS) is 11.2. The number of hydrogen-bond donors (Lipinski definition) is 0. The average molecular weight is 324 g/mol. The number of hydrogen-bond acceptors (Lipinski definition) is 4. The topological polar surface area (TPSA) is 40.8 Å². The molecular formula is C20H20O4. The molecule has 0 aliphatic heterocycles. The average Bonchev–Trinajstić information content (AvgIpc) is 3.03. The Kier molecular flexibility index (Phi) is 4.47. The predicted octanol–water partition coefficient (Wildman–Crippen LogP) is 5.16. The van der Waals surface area contributed by atoms with E-state index in [4.69, 9.17) is 18.6 Å². The van der Waals surface area contributed by atoms with E-state index in [1.807, 2.05) is 43.3 Å². The Labute approximate surface area is 141 Å². The number of fused-ring (bicyclic) bond motifs is 1. The van der Waals surface area contributed by atoms with Gasteiger partial charge in [0.05, 0.1) is 21.3 Å². The fraction of sp³-hybridized carbons (Fsp3) is 0.200. The number of rotatable bonds is 5. The predicted molar refractivity (Wildman–Crippen MR) is 96.0 cm³/mol. The first kappa shape index (κ1) is 16.0. The summed E-state index contributed by atoms with van der Waals surface area (Å²) in [7, 11) is 4.84. The van der Waals surface area contributed by atoms with Gasteiger partial charge in [-0.05, 0) is 30.7 Å². The standard InChI is InChI=1S/C20H20O4/c1-5-6-13-7-8-16-14(9-13)10-19(24-16)20-17(22-3)11-15(21-2)12-18(20)23-4/h5-12H,1-4H3/b6-5+. The maximum absolute atomic E-state index is 6.02. The molecule has 0 amide bonds. The van der Waals surface area contributed by atoms with Gasteiger partial charge < -0.3 is 18.6 Å². The molecule has 0 saturated heterocycles. The second-order valence-corrected chi connectivity index (χ2v) is 5.31. The van der Waals surface area contributed by atoms with Crippen LogP contribution >= 0.6 is 0 Å². The summed E-state index contributed by atoms with van der Waals surface area (Å²) in [5.41, 5.74) is 2.72. The van der Waals surface area contributed by atoms with E-state index in [9.17, 15) is 0 Å². The van der Waals surface area contributed by atoms with E-state index in [-0.39, 0.29) is 0 Å². The van der Waals surface area contributed by atoms with Gasteiger partial charge in [-0.3, -0.25) is 0 Å². The van der Waals surface area contributed by atoms with Crippen molar-refractivity contribution in [2.24, 2.45) is 0 Å². The Morgan fingerprint density at radius 1 is 0.875 bits per heavy atom. The van der Waals surface area contributed by atoms with Crippen LogP contribution in [0.1, 0.15) is 12.5 Å². The highest BCUT2D eigenvalue weighted by molar-refractivity contribution is 5.87. The van der Waals surface area contributed by atoms with Crippen molar-refractivity contribution in [3.63, 3.8) is 0 Å². The zero-order valence-corrected chi connectivity index (χ0v) is 14.3. The van der Waals surface area contributed by atoms with Crippen LogP contribution in [0.4, 0.5) is 0 Å². The summed E-state index contributed by atoms with van der Waals surface area (Å²) in [4.78, 5) is 0.